The van der Waals surface area contributed by atoms with Crippen LogP contribution in [0.3, 0.4) is 0 Å². The molecule has 1 atom stereocenters. The third-order valence-electron chi connectivity index (χ3n) is 4.06. The second kappa shape index (κ2) is 8.06. The highest BCUT2D eigenvalue weighted by Crippen LogP contribution is 2.19. The molecule has 0 bridgehead atoms. The van der Waals surface area contributed by atoms with Gasteiger partial charge in [-0.15, -0.1) is 0 Å². The molecular formula is C16H27N3O2S. The summed E-state index contributed by atoms with van der Waals surface area (Å²) in [6.45, 7) is 7.07. The summed E-state index contributed by atoms with van der Waals surface area (Å²) in [5.74, 6) is 0. The van der Waals surface area contributed by atoms with Gasteiger partial charge in [-0.3, -0.25) is 0 Å². The summed E-state index contributed by atoms with van der Waals surface area (Å²) in [7, 11) is -3.43. The van der Waals surface area contributed by atoms with Crippen LogP contribution >= 0.6 is 0 Å². The van der Waals surface area contributed by atoms with Crippen LogP contribution in [0.1, 0.15) is 32.3 Å². The fourth-order valence-electron chi connectivity index (χ4n) is 2.88. The lowest BCUT2D eigenvalue weighted by Crippen LogP contribution is -2.49. The van der Waals surface area contributed by atoms with Crippen molar-refractivity contribution in [1.82, 2.24) is 13.9 Å². The Hall–Kier alpha value is -0.950. The molecular weight excluding hydrogens is 298 g/mol. The van der Waals surface area contributed by atoms with Gasteiger partial charge in [0.2, 0.25) is 0 Å². The summed E-state index contributed by atoms with van der Waals surface area (Å²) in [4.78, 5) is 0. The first-order valence-corrected chi connectivity index (χ1v) is 9.50. The molecule has 124 valence electrons. The van der Waals surface area contributed by atoms with Crippen LogP contribution in [0, 0.1) is 0 Å². The van der Waals surface area contributed by atoms with Gasteiger partial charge in [0.15, 0.2) is 0 Å². The summed E-state index contributed by atoms with van der Waals surface area (Å²) in [6, 6.07) is 9.86. The Morgan fingerprint density at radius 3 is 2.50 bits per heavy atom. The first-order valence-electron chi connectivity index (χ1n) is 8.11. The molecule has 1 saturated heterocycles. The van der Waals surface area contributed by atoms with E-state index in [1.807, 2.05) is 44.2 Å². The summed E-state index contributed by atoms with van der Waals surface area (Å²) in [6.07, 6.45) is 1.72. The molecule has 1 N–H and O–H groups in total. The minimum Gasteiger partial charge on any atom is -0.315 e. The molecule has 5 nitrogen and oxygen atoms in total. The van der Waals surface area contributed by atoms with Crippen molar-refractivity contribution in [3.05, 3.63) is 35.9 Å². The van der Waals surface area contributed by atoms with Crippen molar-refractivity contribution in [2.24, 2.45) is 0 Å². The molecule has 1 fully saturated rings. The van der Waals surface area contributed by atoms with Crippen LogP contribution in [-0.2, 0) is 16.8 Å². The molecule has 1 aromatic rings. The van der Waals surface area contributed by atoms with Gasteiger partial charge in [0.25, 0.3) is 10.2 Å². The zero-order valence-corrected chi connectivity index (χ0v) is 14.3. The maximum Gasteiger partial charge on any atom is 0.282 e. The average molecular weight is 325 g/mol. The molecule has 0 saturated carbocycles. The topological polar surface area (TPSA) is 52.7 Å². The Bertz CT molecular complexity index is 542. The van der Waals surface area contributed by atoms with E-state index in [1.54, 1.807) is 8.61 Å². The van der Waals surface area contributed by atoms with Gasteiger partial charge in [-0.25, -0.2) is 0 Å². The summed E-state index contributed by atoms with van der Waals surface area (Å²) in [5.41, 5.74) is 1.02. The zero-order valence-electron chi connectivity index (χ0n) is 13.5. The van der Waals surface area contributed by atoms with Crippen molar-refractivity contribution in [1.29, 1.82) is 0 Å². The van der Waals surface area contributed by atoms with Gasteiger partial charge in [-0.2, -0.15) is 17.0 Å². The molecule has 2 rings (SSSR count). The minimum atomic E-state index is -3.43. The van der Waals surface area contributed by atoms with Gasteiger partial charge >= 0.3 is 0 Å². The Balaban J connectivity index is 2.19. The highest BCUT2D eigenvalue weighted by molar-refractivity contribution is 7.86. The normalized spacial score (nSPS) is 19.2. The van der Waals surface area contributed by atoms with E-state index in [4.69, 9.17) is 0 Å². The largest absolute Gasteiger partial charge is 0.315 e. The van der Waals surface area contributed by atoms with E-state index in [0.717, 1.165) is 31.5 Å². The van der Waals surface area contributed by atoms with E-state index >= 15 is 0 Å². The summed E-state index contributed by atoms with van der Waals surface area (Å²) >= 11 is 0. The van der Waals surface area contributed by atoms with Gasteiger partial charge < -0.3 is 5.32 Å². The van der Waals surface area contributed by atoms with Gasteiger partial charge in [0.1, 0.15) is 0 Å². The Morgan fingerprint density at radius 2 is 1.95 bits per heavy atom. The molecule has 22 heavy (non-hydrogen) atoms. The van der Waals surface area contributed by atoms with E-state index in [0.29, 0.717) is 19.6 Å². The van der Waals surface area contributed by atoms with Crippen LogP contribution in [0.4, 0.5) is 0 Å². The lowest BCUT2D eigenvalue weighted by atomic mass is 10.2. The quantitative estimate of drug-likeness (QED) is 0.793. The van der Waals surface area contributed by atoms with Gasteiger partial charge in [-0.1, -0.05) is 44.2 Å². The average Bonchev–Trinajstić information content (AvgIpc) is 3.04. The number of nitrogens with zero attached hydrogens (tertiary/aromatic N) is 2. The molecule has 1 unspecified atom stereocenters. The number of hydrogen-bond donors (Lipinski definition) is 1. The highest BCUT2D eigenvalue weighted by Gasteiger charge is 2.35. The van der Waals surface area contributed by atoms with Gasteiger partial charge in [0, 0.05) is 32.2 Å². The Kier molecular flexibility index (Phi) is 6.37. The highest BCUT2D eigenvalue weighted by atomic mass is 32.2. The lowest BCUT2D eigenvalue weighted by molar-refractivity contribution is 0.292. The van der Waals surface area contributed by atoms with Gasteiger partial charge in [-0.05, 0) is 24.9 Å². The van der Waals surface area contributed by atoms with Crippen LogP contribution < -0.4 is 5.32 Å². The maximum absolute atomic E-state index is 13.1. The smallest absolute Gasteiger partial charge is 0.282 e. The van der Waals surface area contributed by atoms with E-state index in [-0.39, 0.29) is 6.04 Å². The van der Waals surface area contributed by atoms with Crippen LogP contribution in [-0.4, -0.2) is 49.2 Å². The summed E-state index contributed by atoms with van der Waals surface area (Å²) in [5, 5.41) is 3.27. The predicted octanol–water partition coefficient (Wildman–Crippen LogP) is 1.83. The van der Waals surface area contributed by atoms with Crippen LogP contribution in [0.25, 0.3) is 0 Å². The first-order chi connectivity index (χ1) is 10.6. The summed E-state index contributed by atoms with van der Waals surface area (Å²) < 4.78 is 29.4. The molecule has 1 aromatic carbocycles. The second-order valence-corrected chi connectivity index (χ2v) is 7.56. The van der Waals surface area contributed by atoms with Crippen molar-refractivity contribution < 1.29 is 8.42 Å². The molecule has 0 aliphatic carbocycles. The van der Waals surface area contributed by atoms with Crippen LogP contribution in [0.2, 0.25) is 0 Å². The van der Waals surface area contributed by atoms with Crippen LogP contribution in [0.15, 0.2) is 30.3 Å². The van der Waals surface area contributed by atoms with Crippen molar-refractivity contribution in [2.75, 3.05) is 26.2 Å². The molecule has 0 radical (unpaired) electrons. The predicted molar refractivity (Wildman–Crippen MR) is 89.7 cm³/mol. The number of hydrogen-bond acceptors (Lipinski definition) is 3. The van der Waals surface area contributed by atoms with E-state index in [2.05, 4.69) is 5.32 Å². The van der Waals surface area contributed by atoms with E-state index in [9.17, 15) is 8.42 Å². The van der Waals surface area contributed by atoms with Crippen molar-refractivity contribution in [3.63, 3.8) is 0 Å². The molecule has 1 aliphatic rings. The van der Waals surface area contributed by atoms with Crippen molar-refractivity contribution >= 4 is 10.2 Å². The zero-order chi connectivity index (χ0) is 16.0. The second-order valence-electron chi connectivity index (χ2n) is 5.68. The number of rotatable bonds is 8. The molecule has 0 aromatic heterocycles. The third kappa shape index (κ3) is 4.07. The van der Waals surface area contributed by atoms with Crippen LogP contribution in [0.5, 0.6) is 0 Å². The Labute approximate surface area is 134 Å². The molecule has 0 spiro atoms. The van der Waals surface area contributed by atoms with E-state index < -0.39 is 10.2 Å². The standard InChI is InChI=1S/C16H27N3O2S/c1-3-12-19(16-10-11-17-13-16)22(20,21)18(4-2)14-15-8-6-5-7-9-15/h5-9,16-17H,3-4,10-14H2,1-2H3. The van der Waals surface area contributed by atoms with Gasteiger partial charge in [0.05, 0.1) is 0 Å². The first kappa shape index (κ1) is 17.4. The third-order valence-corrected chi connectivity index (χ3v) is 6.18. The molecule has 0 amide bonds. The lowest BCUT2D eigenvalue weighted by Gasteiger charge is -2.32. The molecule has 6 heteroatoms. The van der Waals surface area contributed by atoms with Crippen molar-refractivity contribution in [2.45, 2.75) is 39.3 Å². The molecule has 1 aliphatic heterocycles. The monoisotopic (exact) mass is 325 g/mol. The van der Waals surface area contributed by atoms with Crippen molar-refractivity contribution in [3.8, 4) is 0 Å². The fraction of sp³-hybridized carbons (Fsp3) is 0.625. The number of nitrogens with one attached hydrogen (secondary N) is 1. The minimum absolute atomic E-state index is 0.0785. The SMILES string of the molecule is CCCN(C1CCNC1)S(=O)(=O)N(CC)Cc1ccccc1. The number of benzene rings is 1. The Morgan fingerprint density at radius 1 is 1.23 bits per heavy atom. The fourth-order valence-corrected chi connectivity index (χ4v) is 4.79. The maximum atomic E-state index is 13.1. The van der Waals surface area contributed by atoms with E-state index in [1.165, 1.54) is 0 Å². The molecule has 1 heterocycles.